The highest BCUT2D eigenvalue weighted by molar-refractivity contribution is 4.52. The number of rotatable bonds is 36. The molecule has 0 amide bonds. The molecule has 0 aromatic heterocycles. The monoisotopic (exact) mass is 551 g/mol. The molecule has 39 heavy (non-hydrogen) atoms. The van der Waals surface area contributed by atoms with Gasteiger partial charge in [-0.3, -0.25) is 0 Å². The highest BCUT2D eigenvalue weighted by atomic mass is 16.5. The smallest absolute Gasteiger partial charge is 0.0466 e. The molecule has 0 atom stereocenters. The third kappa shape index (κ3) is 38.0. The van der Waals surface area contributed by atoms with Crippen molar-refractivity contribution in [2.75, 3.05) is 13.2 Å². The zero-order chi connectivity index (χ0) is 28.2. The second kappa shape index (κ2) is 38.0. The Morgan fingerprint density at radius 1 is 0.205 bits per heavy atom. The second-order valence-corrected chi connectivity index (χ2v) is 12.9. The molecule has 236 valence electrons. The van der Waals surface area contributed by atoms with Gasteiger partial charge in [0.05, 0.1) is 0 Å². The van der Waals surface area contributed by atoms with Crippen molar-refractivity contribution >= 4 is 0 Å². The zero-order valence-electron chi connectivity index (χ0n) is 27.9. The largest absolute Gasteiger partial charge is 0.381 e. The van der Waals surface area contributed by atoms with Crippen molar-refractivity contribution in [3.63, 3.8) is 0 Å². The minimum atomic E-state index is 0.996. The fraction of sp³-hybridized carbons (Fsp3) is 1.00. The van der Waals surface area contributed by atoms with Crippen LogP contribution in [0.2, 0.25) is 0 Å². The molecule has 0 rings (SSSR count). The first kappa shape index (κ1) is 39.0. The van der Waals surface area contributed by atoms with Crippen LogP contribution in [0.1, 0.15) is 232 Å². The van der Waals surface area contributed by atoms with Gasteiger partial charge in [-0.1, -0.05) is 219 Å². The van der Waals surface area contributed by atoms with Crippen molar-refractivity contribution in [1.29, 1.82) is 0 Å². The van der Waals surface area contributed by atoms with Crippen molar-refractivity contribution < 1.29 is 4.74 Å². The quantitative estimate of drug-likeness (QED) is 0.0705. The van der Waals surface area contributed by atoms with Crippen molar-refractivity contribution in [2.45, 2.75) is 232 Å². The summed E-state index contributed by atoms with van der Waals surface area (Å²) in [6.45, 7) is 6.60. The van der Waals surface area contributed by atoms with Gasteiger partial charge >= 0.3 is 0 Å². The molecule has 0 aliphatic carbocycles. The molecule has 0 bridgehead atoms. The van der Waals surface area contributed by atoms with E-state index in [0.717, 1.165) is 13.2 Å². The highest BCUT2D eigenvalue weighted by Gasteiger charge is 1.97. The Kier molecular flexibility index (Phi) is 37.9. The first-order chi connectivity index (χ1) is 19.4. The van der Waals surface area contributed by atoms with Gasteiger partial charge in [0.2, 0.25) is 0 Å². The van der Waals surface area contributed by atoms with Crippen LogP contribution in [0.5, 0.6) is 0 Å². The fourth-order valence-corrected chi connectivity index (χ4v) is 5.96. The van der Waals surface area contributed by atoms with Gasteiger partial charge in [0.25, 0.3) is 0 Å². The van der Waals surface area contributed by atoms with Crippen LogP contribution >= 0.6 is 0 Å². The molecule has 0 N–H and O–H groups in total. The lowest BCUT2D eigenvalue weighted by molar-refractivity contribution is 0.125. The predicted molar refractivity (Wildman–Crippen MR) is 179 cm³/mol. The zero-order valence-corrected chi connectivity index (χ0v) is 27.9. The molecule has 0 aliphatic rings. The number of hydrogen-bond donors (Lipinski definition) is 0. The van der Waals surface area contributed by atoms with Crippen molar-refractivity contribution in [1.82, 2.24) is 0 Å². The average molecular weight is 551 g/mol. The lowest BCUT2D eigenvalue weighted by atomic mass is 10.0. The summed E-state index contributed by atoms with van der Waals surface area (Å²) in [5.41, 5.74) is 0. The minimum absolute atomic E-state index is 0.996. The summed E-state index contributed by atoms with van der Waals surface area (Å²) >= 11 is 0. The Hall–Kier alpha value is -0.0400. The molecule has 0 aromatic carbocycles. The van der Waals surface area contributed by atoms with Crippen molar-refractivity contribution in [3.05, 3.63) is 0 Å². The molecule has 0 aromatic rings. The van der Waals surface area contributed by atoms with Crippen LogP contribution in [-0.2, 0) is 4.74 Å². The second-order valence-electron chi connectivity index (χ2n) is 12.9. The third-order valence-electron chi connectivity index (χ3n) is 8.78. The number of ether oxygens (including phenoxy) is 1. The van der Waals surface area contributed by atoms with E-state index in [1.165, 1.54) is 218 Å². The van der Waals surface area contributed by atoms with Gasteiger partial charge in [-0.2, -0.15) is 0 Å². The van der Waals surface area contributed by atoms with Gasteiger partial charge < -0.3 is 4.74 Å². The van der Waals surface area contributed by atoms with Crippen LogP contribution < -0.4 is 0 Å². The molecule has 0 radical (unpaired) electrons. The SMILES string of the molecule is CCCCCCCCCCCCCCCCCCCCCCCCCCOCCCCCCCCCCCC. The first-order valence-electron chi connectivity index (χ1n) is 19.0. The molecular weight excluding hydrogens is 472 g/mol. The summed E-state index contributed by atoms with van der Waals surface area (Å²) in [5.74, 6) is 0. The normalized spacial score (nSPS) is 11.5. The topological polar surface area (TPSA) is 9.23 Å². The summed E-state index contributed by atoms with van der Waals surface area (Å²) in [6.07, 6.45) is 49.0. The predicted octanol–water partition coefficient (Wildman–Crippen LogP) is 14.3. The summed E-state index contributed by atoms with van der Waals surface area (Å²) in [4.78, 5) is 0. The summed E-state index contributed by atoms with van der Waals surface area (Å²) in [5, 5.41) is 0. The van der Waals surface area contributed by atoms with E-state index in [1.807, 2.05) is 0 Å². The van der Waals surface area contributed by atoms with Gasteiger partial charge in [-0.25, -0.2) is 0 Å². The first-order valence-corrected chi connectivity index (χ1v) is 19.0. The molecule has 1 heteroatoms. The van der Waals surface area contributed by atoms with Crippen LogP contribution in [0, 0.1) is 0 Å². The van der Waals surface area contributed by atoms with E-state index in [4.69, 9.17) is 4.74 Å². The Balaban J connectivity index is 3.01. The van der Waals surface area contributed by atoms with E-state index in [9.17, 15) is 0 Å². The van der Waals surface area contributed by atoms with Crippen LogP contribution in [0.4, 0.5) is 0 Å². The van der Waals surface area contributed by atoms with Crippen LogP contribution in [0.15, 0.2) is 0 Å². The van der Waals surface area contributed by atoms with E-state index in [2.05, 4.69) is 13.8 Å². The molecule has 0 saturated heterocycles. The van der Waals surface area contributed by atoms with Crippen LogP contribution in [-0.4, -0.2) is 13.2 Å². The lowest BCUT2D eigenvalue weighted by Gasteiger charge is -2.05. The molecule has 0 heterocycles. The summed E-state index contributed by atoms with van der Waals surface area (Å²) < 4.78 is 5.86. The van der Waals surface area contributed by atoms with E-state index in [1.54, 1.807) is 0 Å². The lowest BCUT2D eigenvalue weighted by Crippen LogP contribution is -1.97. The van der Waals surface area contributed by atoms with Gasteiger partial charge in [0.15, 0.2) is 0 Å². The van der Waals surface area contributed by atoms with Crippen molar-refractivity contribution in [3.8, 4) is 0 Å². The Bertz CT molecular complexity index is 356. The van der Waals surface area contributed by atoms with E-state index in [0.29, 0.717) is 0 Å². The maximum Gasteiger partial charge on any atom is 0.0466 e. The van der Waals surface area contributed by atoms with Crippen LogP contribution in [0.3, 0.4) is 0 Å². The van der Waals surface area contributed by atoms with Gasteiger partial charge in [0, 0.05) is 13.2 Å². The van der Waals surface area contributed by atoms with Crippen LogP contribution in [0.25, 0.3) is 0 Å². The molecule has 0 aliphatic heterocycles. The molecule has 1 nitrogen and oxygen atoms in total. The highest BCUT2D eigenvalue weighted by Crippen LogP contribution is 2.16. The summed E-state index contributed by atoms with van der Waals surface area (Å²) in [6, 6.07) is 0. The fourth-order valence-electron chi connectivity index (χ4n) is 5.96. The minimum Gasteiger partial charge on any atom is -0.381 e. The molecule has 0 spiro atoms. The van der Waals surface area contributed by atoms with Crippen molar-refractivity contribution in [2.24, 2.45) is 0 Å². The molecular formula is C38H78O. The molecule has 0 unspecified atom stereocenters. The molecule has 0 saturated carbocycles. The Labute approximate surface area is 249 Å². The third-order valence-corrected chi connectivity index (χ3v) is 8.78. The number of unbranched alkanes of at least 4 members (excludes halogenated alkanes) is 32. The standard InChI is InChI=1S/C38H78O/c1-3-5-7-9-11-13-15-16-17-18-19-20-21-22-23-24-25-26-27-28-30-32-34-36-38-39-37-35-33-31-29-14-12-10-8-6-4-2/h3-38H2,1-2H3. The Morgan fingerprint density at radius 2 is 0.359 bits per heavy atom. The van der Waals surface area contributed by atoms with Gasteiger partial charge in [0.1, 0.15) is 0 Å². The van der Waals surface area contributed by atoms with E-state index < -0.39 is 0 Å². The van der Waals surface area contributed by atoms with Gasteiger partial charge in [-0.15, -0.1) is 0 Å². The maximum absolute atomic E-state index is 5.86. The van der Waals surface area contributed by atoms with Gasteiger partial charge in [-0.05, 0) is 12.8 Å². The van der Waals surface area contributed by atoms with E-state index in [-0.39, 0.29) is 0 Å². The van der Waals surface area contributed by atoms with E-state index >= 15 is 0 Å². The summed E-state index contributed by atoms with van der Waals surface area (Å²) in [7, 11) is 0. The maximum atomic E-state index is 5.86. The average Bonchev–Trinajstić information content (AvgIpc) is 2.95. The molecule has 0 fully saturated rings. The number of hydrogen-bond acceptors (Lipinski definition) is 1. The Morgan fingerprint density at radius 3 is 0.538 bits per heavy atom.